The monoisotopic (exact) mass is 363 g/mol. The van der Waals surface area contributed by atoms with Gasteiger partial charge in [0.1, 0.15) is 0 Å². The molecule has 0 unspecified atom stereocenters. The van der Waals surface area contributed by atoms with Crippen LogP contribution in [0.2, 0.25) is 0 Å². The molecule has 0 saturated heterocycles. The lowest BCUT2D eigenvalue weighted by Crippen LogP contribution is -2.29. The first-order valence-electron chi connectivity index (χ1n) is 5.86. The summed E-state index contributed by atoms with van der Waals surface area (Å²) in [6.07, 6.45) is 0. The summed E-state index contributed by atoms with van der Waals surface area (Å²) in [7, 11) is 0. The van der Waals surface area contributed by atoms with Gasteiger partial charge in [-0.2, -0.15) is 0 Å². The summed E-state index contributed by atoms with van der Waals surface area (Å²) in [6, 6.07) is 15.0. The summed E-state index contributed by atoms with van der Waals surface area (Å²) in [5.74, 6) is -0.860. The second-order valence-electron chi connectivity index (χ2n) is 4.36. The van der Waals surface area contributed by atoms with E-state index in [0.717, 1.165) is 9.13 Å². The summed E-state index contributed by atoms with van der Waals surface area (Å²) in [5.41, 5.74) is 2.22. The van der Waals surface area contributed by atoms with Gasteiger partial charge in [-0.05, 0) is 52.4 Å². The Morgan fingerprint density at radius 2 is 1.63 bits per heavy atom. The number of halogens is 1. The van der Waals surface area contributed by atoms with E-state index in [2.05, 4.69) is 22.6 Å². The Labute approximate surface area is 124 Å². The third-order valence-electron chi connectivity index (χ3n) is 3.13. The van der Waals surface area contributed by atoms with Gasteiger partial charge in [-0.15, -0.1) is 0 Å². The molecule has 4 heteroatoms. The molecule has 1 aliphatic rings. The van der Waals surface area contributed by atoms with Crippen molar-refractivity contribution in [1.29, 1.82) is 0 Å². The highest BCUT2D eigenvalue weighted by Crippen LogP contribution is 2.29. The number of Topliss-reactive ketones (excluding diaryl/α,β-unsaturated/α-hetero) is 1. The fourth-order valence-electron chi connectivity index (χ4n) is 2.18. The molecule has 0 spiro atoms. The van der Waals surface area contributed by atoms with Crippen LogP contribution in [0.15, 0.2) is 48.5 Å². The maximum atomic E-state index is 12.0. The van der Waals surface area contributed by atoms with Crippen LogP contribution < -0.4 is 4.90 Å². The lowest BCUT2D eigenvalue weighted by molar-refractivity contribution is -0.114. The van der Waals surface area contributed by atoms with Crippen LogP contribution in [-0.2, 0) is 11.3 Å². The fourth-order valence-corrected chi connectivity index (χ4v) is 2.54. The van der Waals surface area contributed by atoms with Crippen molar-refractivity contribution in [3.63, 3.8) is 0 Å². The molecule has 94 valence electrons. The van der Waals surface area contributed by atoms with Crippen LogP contribution in [-0.4, -0.2) is 11.7 Å². The second kappa shape index (κ2) is 4.77. The van der Waals surface area contributed by atoms with Gasteiger partial charge in [-0.25, -0.2) is 0 Å². The summed E-state index contributed by atoms with van der Waals surface area (Å²) in [4.78, 5) is 25.4. The van der Waals surface area contributed by atoms with Gasteiger partial charge in [0.25, 0.3) is 11.7 Å². The van der Waals surface area contributed by atoms with Gasteiger partial charge in [-0.1, -0.05) is 24.3 Å². The Hall–Kier alpha value is -1.69. The molecule has 0 aliphatic carbocycles. The van der Waals surface area contributed by atoms with Crippen LogP contribution in [0.25, 0.3) is 0 Å². The molecule has 0 bridgehead atoms. The minimum atomic E-state index is -0.445. The van der Waals surface area contributed by atoms with Gasteiger partial charge in [0, 0.05) is 3.57 Å². The molecule has 0 atom stereocenters. The predicted molar refractivity (Wildman–Crippen MR) is 81.1 cm³/mol. The molecule has 0 saturated carbocycles. The molecule has 3 rings (SSSR count). The standard InChI is InChI=1S/C15H10INO2/c16-11-7-5-10(6-8-11)9-17-13-4-2-1-3-12(13)14(18)15(17)19/h1-8H,9H2. The van der Waals surface area contributed by atoms with Gasteiger partial charge in [-0.3, -0.25) is 9.59 Å². The average Bonchev–Trinajstić information content (AvgIpc) is 2.67. The number of hydrogen-bond donors (Lipinski definition) is 0. The van der Waals surface area contributed by atoms with E-state index in [1.807, 2.05) is 36.4 Å². The Kier molecular flexibility index (Phi) is 3.10. The van der Waals surface area contributed by atoms with Crippen molar-refractivity contribution >= 4 is 40.0 Å². The first kappa shape index (κ1) is 12.3. The SMILES string of the molecule is O=C1C(=O)N(Cc2ccc(I)cc2)c2ccccc21. The molecular formula is C15H10INO2. The van der Waals surface area contributed by atoms with Crippen molar-refractivity contribution in [2.24, 2.45) is 0 Å². The summed E-state index contributed by atoms with van der Waals surface area (Å²) in [5, 5.41) is 0. The molecule has 1 amide bonds. The number of rotatable bonds is 2. The van der Waals surface area contributed by atoms with E-state index >= 15 is 0 Å². The minimum Gasteiger partial charge on any atom is -0.300 e. The first-order valence-corrected chi connectivity index (χ1v) is 6.94. The zero-order chi connectivity index (χ0) is 13.4. The highest BCUT2D eigenvalue weighted by molar-refractivity contribution is 14.1. The lowest BCUT2D eigenvalue weighted by Gasteiger charge is -2.16. The van der Waals surface area contributed by atoms with Crippen molar-refractivity contribution in [3.8, 4) is 0 Å². The normalized spacial score (nSPS) is 13.8. The molecule has 3 nitrogen and oxygen atoms in total. The molecule has 19 heavy (non-hydrogen) atoms. The fraction of sp³-hybridized carbons (Fsp3) is 0.0667. The number of carbonyl (C=O) groups is 2. The van der Waals surface area contributed by atoms with E-state index < -0.39 is 11.7 Å². The Morgan fingerprint density at radius 1 is 0.947 bits per heavy atom. The second-order valence-corrected chi connectivity index (χ2v) is 5.61. The zero-order valence-corrected chi connectivity index (χ0v) is 12.1. The molecular weight excluding hydrogens is 353 g/mol. The molecule has 0 fully saturated rings. The molecule has 2 aromatic rings. The van der Waals surface area contributed by atoms with E-state index in [0.29, 0.717) is 17.8 Å². The Bertz CT molecular complexity index is 664. The van der Waals surface area contributed by atoms with Crippen molar-refractivity contribution in [2.45, 2.75) is 6.54 Å². The predicted octanol–water partition coefficient (Wildman–Crippen LogP) is 3.02. The van der Waals surface area contributed by atoms with Crippen molar-refractivity contribution in [1.82, 2.24) is 0 Å². The van der Waals surface area contributed by atoms with Gasteiger partial charge < -0.3 is 4.90 Å². The third-order valence-corrected chi connectivity index (χ3v) is 3.85. The smallest absolute Gasteiger partial charge is 0.299 e. The van der Waals surface area contributed by atoms with E-state index in [9.17, 15) is 9.59 Å². The topological polar surface area (TPSA) is 37.4 Å². The minimum absolute atomic E-state index is 0.416. The van der Waals surface area contributed by atoms with Crippen LogP contribution in [0.3, 0.4) is 0 Å². The maximum absolute atomic E-state index is 12.0. The van der Waals surface area contributed by atoms with E-state index in [1.54, 1.807) is 17.0 Å². The summed E-state index contributed by atoms with van der Waals surface area (Å²) >= 11 is 2.23. The van der Waals surface area contributed by atoms with Crippen molar-refractivity contribution in [3.05, 3.63) is 63.2 Å². The Morgan fingerprint density at radius 3 is 2.37 bits per heavy atom. The summed E-state index contributed by atoms with van der Waals surface area (Å²) < 4.78 is 1.14. The third kappa shape index (κ3) is 2.16. The number of ketones is 1. The average molecular weight is 363 g/mol. The van der Waals surface area contributed by atoms with Gasteiger partial charge in [0.15, 0.2) is 0 Å². The van der Waals surface area contributed by atoms with Crippen LogP contribution in [0.1, 0.15) is 15.9 Å². The van der Waals surface area contributed by atoms with E-state index in [-0.39, 0.29) is 0 Å². The van der Waals surface area contributed by atoms with Gasteiger partial charge in [0.2, 0.25) is 0 Å². The van der Waals surface area contributed by atoms with Crippen LogP contribution in [0, 0.1) is 3.57 Å². The summed E-state index contributed by atoms with van der Waals surface area (Å²) in [6.45, 7) is 0.429. The molecule has 1 heterocycles. The number of amides is 1. The quantitative estimate of drug-likeness (QED) is 0.608. The lowest BCUT2D eigenvalue weighted by atomic mass is 10.1. The highest BCUT2D eigenvalue weighted by atomic mass is 127. The van der Waals surface area contributed by atoms with E-state index in [4.69, 9.17) is 0 Å². The van der Waals surface area contributed by atoms with Crippen LogP contribution in [0.4, 0.5) is 5.69 Å². The zero-order valence-electron chi connectivity index (χ0n) is 9.97. The number of nitrogens with zero attached hydrogens (tertiary/aromatic N) is 1. The van der Waals surface area contributed by atoms with Crippen molar-refractivity contribution < 1.29 is 9.59 Å². The molecule has 0 radical (unpaired) electrons. The number of benzene rings is 2. The number of carbonyl (C=O) groups excluding carboxylic acids is 2. The molecule has 0 aromatic heterocycles. The van der Waals surface area contributed by atoms with Crippen molar-refractivity contribution in [2.75, 3.05) is 4.90 Å². The number of anilines is 1. The largest absolute Gasteiger partial charge is 0.300 e. The molecule has 1 aliphatic heterocycles. The van der Waals surface area contributed by atoms with E-state index in [1.165, 1.54) is 0 Å². The number of hydrogen-bond acceptors (Lipinski definition) is 2. The molecule has 2 aromatic carbocycles. The Balaban J connectivity index is 1.95. The first-order chi connectivity index (χ1) is 9.16. The number of para-hydroxylation sites is 1. The van der Waals surface area contributed by atoms with Gasteiger partial charge in [0.05, 0.1) is 17.8 Å². The van der Waals surface area contributed by atoms with Crippen LogP contribution in [0.5, 0.6) is 0 Å². The maximum Gasteiger partial charge on any atom is 0.299 e. The van der Waals surface area contributed by atoms with Gasteiger partial charge >= 0.3 is 0 Å². The number of fused-ring (bicyclic) bond motifs is 1. The van der Waals surface area contributed by atoms with Crippen LogP contribution >= 0.6 is 22.6 Å². The molecule has 0 N–H and O–H groups in total. The highest BCUT2D eigenvalue weighted by Gasteiger charge is 2.35.